The van der Waals surface area contributed by atoms with Crippen LogP contribution in [0.1, 0.15) is 25.3 Å². The third-order valence-corrected chi connectivity index (χ3v) is 3.64. The van der Waals surface area contributed by atoms with Gasteiger partial charge < -0.3 is 10.1 Å². The Labute approximate surface area is 117 Å². The number of nitro groups is 1. The highest BCUT2D eigenvalue weighted by molar-refractivity contribution is 5.35. The molecule has 1 aliphatic heterocycles. The van der Waals surface area contributed by atoms with Crippen LogP contribution in [0.15, 0.2) is 18.2 Å². The van der Waals surface area contributed by atoms with Crippen LogP contribution in [0.2, 0.25) is 0 Å². The molecule has 1 aliphatic rings. The summed E-state index contributed by atoms with van der Waals surface area (Å²) in [4.78, 5) is 10.1. The first-order valence-corrected chi connectivity index (χ1v) is 6.86. The van der Waals surface area contributed by atoms with Gasteiger partial charge in [-0.3, -0.25) is 10.1 Å². The van der Waals surface area contributed by atoms with Gasteiger partial charge in [0.1, 0.15) is 5.82 Å². The first-order chi connectivity index (χ1) is 9.60. The summed E-state index contributed by atoms with van der Waals surface area (Å²) in [6.45, 7) is 4.09. The molecule has 6 heteroatoms. The number of nitrogens with one attached hydrogen (secondary N) is 1. The molecule has 2 unspecified atom stereocenters. The van der Waals surface area contributed by atoms with Gasteiger partial charge in [-0.05, 0) is 30.4 Å². The van der Waals surface area contributed by atoms with Gasteiger partial charge in [0.05, 0.1) is 17.1 Å². The molecule has 5 nitrogen and oxygen atoms in total. The Morgan fingerprint density at radius 3 is 3.00 bits per heavy atom. The van der Waals surface area contributed by atoms with E-state index >= 15 is 0 Å². The van der Waals surface area contributed by atoms with Crippen molar-refractivity contribution in [3.05, 3.63) is 39.7 Å². The van der Waals surface area contributed by atoms with E-state index in [4.69, 9.17) is 4.74 Å². The average Bonchev–Trinajstić information content (AvgIpc) is 2.85. The van der Waals surface area contributed by atoms with E-state index in [2.05, 4.69) is 12.2 Å². The summed E-state index contributed by atoms with van der Waals surface area (Å²) < 4.78 is 18.9. The van der Waals surface area contributed by atoms with Gasteiger partial charge in [0.15, 0.2) is 0 Å². The Bertz CT molecular complexity index is 481. The topological polar surface area (TPSA) is 64.4 Å². The highest BCUT2D eigenvalue weighted by atomic mass is 19.1. The summed E-state index contributed by atoms with van der Waals surface area (Å²) in [5, 5.41) is 13.9. The first kappa shape index (κ1) is 14.9. The molecule has 1 aromatic carbocycles. The van der Waals surface area contributed by atoms with Gasteiger partial charge in [-0.15, -0.1) is 0 Å². The number of halogens is 1. The molecule has 20 heavy (non-hydrogen) atoms. The predicted molar refractivity (Wildman–Crippen MR) is 72.9 cm³/mol. The summed E-state index contributed by atoms with van der Waals surface area (Å²) >= 11 is 0. The number of nitro benzene ring substituents is 1. The Kier molecular flexibility index (Phi) is 5.03. The number of ether oxygens (including phenoxy) is 1. The molecule has 110 valence electrons. The van der Waals surface area contributed by atoms with Crippen LogP contribution < -0.4 is 5.32 Å². The average molecular weight is 282 g/mol. The lowest BCUT2D eigenvalue weighted by Gasteiger charge is -2.17. The molecule has 0 aromatic heterocycles. The smallest absolute Gasteiger partial charge is 0.272 e. The van der Waals surface area contributed by atoms with Crippen LogP contribution in [0.25, 0.3) is 0 Å². The van der Waals surface area contributed by atoms with Crippen molar-refractivity contribution in [1.29, 1.82) is 0 Å². The van der Waals surface area contributed by atoms with Gasteiger partial charge in [0.25, 0.3) is 5.69 Å². The van der Waals surface area contributed by atoms with Crippen LogP contribution >= 0.6 is 0 Å². The van der Waals surface area contributed by atoms with Crippen molar-refractivity contribution in [2.24, 2.45) is 5.92 Å². The third kappa shape index (κ3) is 3.74. The largest absolute Gasteiger partial charge is 0.378 e. The van der Waals surface area contributed by atoms with Crippen molar-refractivity contribution >= 4 is 5.69 Å². The zero-order valence-electron chi connectivity index (χ0n) is 11.5. The molecule has 0 saturated carbocycles. The van der Waals surface area contributed by atoms with Crippen LogP contribution in [0.4, 0.5) is 10.1 Å². The van der Waals surface area contributed by atoms with Gasteiger partial charge >= 0.3 is 0 Å². The number of hydrogen-bond donors (Lipinski definition) is 1. The molecule has 1 aromatic rings. The van der Waals surface area contributed by atoms with E-state index in [0.29, 0.717) is 18.0 Å². The van der Waals surface area contributed by atoms with Crippen LogP contribution in [0.3, 0.4) is 0 Å². The van der Waals surface area contributed by atoms with Gasteiger partial charge in [-0.25, -0.2) is 4.39 Å². The maximum Gasteiger partial charge on any atom is 0.272 e. The molecule has 1 saturated heterocycles. The van der Waals surface area contributed by atoms with E-state index in [0.717, 1.165) is 32.1 Å². The fourth-order valence-corrected chi connectivity index (χ4v) is 2.62. The molecule has 2 rings (SSSR count). The standard InChI is InChI=1S/C14H19FN2O3/c1-2-14-11(3-4-20-14)9-16-8-10-5-12(15)7-13(6-10)17(18)19/h5-7,11,14,16H,2-4,8-9H2,1H3. The minimum Gasteiger partial charge on any atom is -0.378 e. The van der Waals surface area contributed by atoms with Crippen molar-refractivity contribution in [2.45, 2.75) is 32.4 Å². The van der Waals surface area contributed by atoms with Crippen LogP contribution in [0.5, 0.6) is 0 Å². The van der Waals surface area contributed by atoms with E-state index in [-0.39, 0.29) is 11.8 Å². The Morgan fingerprint density at radius 1 is 1.50 bits per heavy atom. The number of rotatable bonds is 6. The van der Waals surface area contributed by atoms with Gasteiger partial charge in [-0.1, -0.05) is 6.92 Å². The molecule has 0 aliphatic carbocycles. The van der Waals surface area contributed by atoms with Crippen molar-refractivity contribution in [2.75, 3.05) is 13.2 Å². The molecule has 2 atom stereocenters. The molecule has 0 radical (unpaired) electrons. The fraction of sp³-hybridized carbons (Fsp3) is 0.571. The second-order valence-corrected chi connectivity index (χ2v) is 5.07. The maximum absolute atomic E-state index is 13.3. The van der Waals surface area contributed by atoms with Gasteiger partial charge in [-0.2, -0.15) is 0 Å². The summed E-state index contributed by atoms with van der Waals surface area (Å²) in [6, 6.07) is 3.66. The van der Waals surface area contributed by atoms with Crippen LogP contribution in [-0.2, 0) is 11.3 Å². The number of benzene rings is 1. The van der Waals surface area contributed by atoms with Crippen LogP contribution in [0, 0.1) is 21.8 Å². The minimum atomic E-state index is -0.579. The molecule has 0 bridgehead atoms. The third-order valence-electron chi connectivity index (χ3n) is 3.64. The summed E-state index contributed by atoms with van der Waals surface area (Å²) in [5.41, 5.74) is 0.376. The van der Waals surface area contributed by atoms with Crippen molar-refractivity contribution in [1.82, 2.24) is 5.32 Å². The SMILES string of the molecule is CCC1OCCC1CNCc1cc(F)cc([N+](=O)[O-])c1. The number of non-ortho nitro benzene ring substituents is 1. The van der Waals surface area contributed by atoms with Gasteiger partial charge in [0.2, 0.25) is 0 Å². The van der Waals surface area contributed by atoms with E-state index < -0.39 is 10.7 Å². The lowest BCUT2D eigenvalue weighted by atomic mass is 9.99. The Hall–Kier alpha value is -1.53. The Balaban J connectivity index is 1.89. The van der Waals surface area contributed by atoms with E-state index in [1.54, 1.807) is 0 Å². The van der Waals surface area contributed by atoms with E-state index in [1.807, 2.05) is 0 Å². The molecule has 1 heterocycles. The molecular weight excluding hydrogens is 263 g/mol. The normalized spacial score (nSPS) is 22.1. The first-order valence-electron chi connectivity index (χ1n) is 6.86. The maximum atomic E-state index is 13.3. The summed E-state index contributed by atoms with van der Waals surface area (Å²) in [7, 11) is 0. The molecule has 1 fully saturated rings. The van der Waals surface area contributed by atoms with E-state index in [1.165, 1.54) is 12.1 Å². The lowest BCUT2D eigenvalue weighted by Crippen LogP contribution is -2.28. The van der Waals surface area contributed by atoms with Crippen molar-refractivity contribution < 1.29 is 14.1 Å². The molecule has 0 spiro atoms. The molecule has 1 N–H and O–H groups in total. The molecule has 0 amide bonds. The highest BCUT2D eigenvalue weighted by Crippen LogP contribution is 2.23. The fourth-order valence-electron chi connectivity index (χ4n) is 2.62. The number of nitrogens with zero attached hydrogens (tertiary/aromatic N) is 1. The predicted octanol–water partition coefficient (Wildman–Crippen LogP) is 2.64. The zero-order chi connectivity index (χ0) is 14.5. The quantitative estimate of drug-likeness (QED) is 0.643. The molecular formula is C14H19FN2O3. The van der Waals surface area contributed by atoms with Crippen molar-refractivity contribution in [3.8, 4) is 0 Å². The zero-order valence-corrected chi connectivity index (χ0v) is 11.5. The summed E-state index contributed by atoms with van der Waals surface area (Å²) in [5.74, 6) is -0.116. The minimum absolute atomic E-state index is 0.211. The van der Waals surface area contributed by atoms with Gasteiger partial charge in [0, 0.05) is 25.8 Å². The lowest BCUT2D eigenvalue weighted by molar-refractivity contribution is -0.385. The Morgan fingerprint density at radius 2 is 2.30 bits per heavy atom. The number of hydrogen-bond acceptors (Lipinski definition) is 4. The second kappa shape index (κ2) is 6.76. The van der Waals surface area contributed by atoms with E-state index in [9.17, 15) is 14.5 Å². The monoisotopic (exact) mass is 282 g/mol. The summed E-state index contributed by atoms with van der Waals surface area (Å²) in [6.07, 6.45) is 2.29. The second-order valence-electron chi connectivity index (χ2n) is 5.07. The highest BCUT2D eigenvalue weighted by Gasteiger charge is 2.26. The van der Waals surface area contributed by atoms with Crippen molar-refractivity contribution in [3.63, 3.8) is 0 Å². The van der Waals surface area contributed by atoms with Crippen LogP contribution in [-0.4, -0.2) is 24.2 Å².